The third-order valence-electron chi connectivity index (χ3n) is 6.65. The molecule has 0 radical (unpaired) electrons. The summed E-state index contributed by atoms with van der Waals surface area (Å²) in [5.41, 5.74) is 7.20. The average Bonchev–Trinajstić information content (AvgIpc) is 2.97. The zero-order valence-corrected chi connectivity index (χ0v) is 23.5. The summed E-state index contributed by atoms with van der Waals surface area (Å²) in [6.45, 7) is 5.78. The van der Waals surface area contributed by atoms with E-state index in [9.17, 15) is 14.0 Å². The van der Waals surface area contributed by atoms with Gasteiger partial charge in [0.25, 0.3) is 5.91 Å². The summed E-state index contributed by atoms with van der Waals surface area (Å²) >= 11 is 5.81. The molecule has 1 unspecified atom stereocenters. The lowest BCUT2D eigenvalue weighted by Crippen LogP contribution is -2.32. The number of esters is 1. The molecule has 206 valence electrons. The average molecular weight is 568 g/mol. The first-order valence-electron chi connectivity index (χ1n) is 13.1. The molecule has 41 heavy (non-hydrogen) atoms. The van der Waals surface area contributed by atoms with Gasteiger partial charge in [0, 0.05) is 16.8 Å². The zero-order chi connectivity index (χ0) is 29.1. The molecule has 0 aliphatic carbocycles. The number of anilines is 1. The molecule has 0 spiro atoms. The first kappa shape index (κ1) is 27.9. The summed E-state index contributed by atoms with van der Waals surface area (Å²) < 4.78 is 19.0. The van der Waals surface area contributed by atoms with Gasteiger partial charge >= 0.3 is 5.97 Å². The number of ether oxygens (including phenoxy) is 1. The smallest absolute Gasteiger partial charge is 0.338 e. The van der Waals surface area contributed by atoms with Crippen LogP contribution in [0.3, 0.4) is 0 Å². The molecule has 1 atom stereocenters. The fraction of sp³-hybridized carbons (Fsp3) is 0.152. The Morgan fingerprint density at radius 3 is 1.98 bits per heavy atom. The molecular formula is C33H27ClFN3O3. The Bertz CT molecular complexity index is 1760. The molecule has 0 aliphatic rings. The second-order valence-corrected chi connectivity index (χ2v) is 10.2. The molecule has 6 nitrogen and oxygen atoms in total. The van der Waals surface area contributed by atoms with Crippen molar-refractivity contribution in [2.75, 3.05) is 5.32 Å². The highest BCUT2D eigenvalue weighted by Crippen LogP contribution is 2.32. The maximum atomic E-state index is 13.5. The Labute approximate surface area is 242 Å². The lowest BCUT2D eigenvalue weighted by molar-refractivity contribution is -0.124. The first-order chi connectivity index (χ1) is 19.7. The summed E-state index contributed by atoms with van der Waals surface area (Å²) in [4.78, 5) is 35.7. The second-order valence-electron chi connectivity index (χ2n) is 9.78. The quantitative estimate of drug-likeness (QED) is 0.202. The SMILES string of the molecule is CCC(OC(=O)c1ccc2nc(-c3ccc(C)cc3)c(-c3ccc(C)cc3)nc2c1)C(=O)Nc1ccc(F)c(Cl)c1. The van der Waals surface area contributed by atoms with Crippen molar-refractivity contribution in [3.63, 3.8) is 0 Å². The van der Waals surface area contributed by atoms with Crippen LogP contribution in [-0.2, 0) is 9.53 Å². The molecule has 1 N–H and O–H groups in total. The summed E-state index contributed by atoms with van der Waals surface area (Å²) in [5, 5.41) is 2.49. The van der Waals surface area contributed by atoms with Gasteiger partial charge < -0.3 is 10.1 Å². The maximum absolute atomic E-state index is 13.5. The monoisotopic (exact) mass is 567 g/mol. The number of nitrogens with zero attached hydrogens (tertiary/aromatic N) is 2. The highest BCUT2D eigenvalue weighted by molar-refractivity contribution is 6.31. The van der Waals surface area contributed by atoms with Gasteiger partial charge in [-0.15, -0.1) is 0 Å². The minimum atomic E-state index is -1.07. The Morgan fingerprint density at radius 2 is 1.41 bits per heavy atom. The molecule has 8 heteroatoms. The predicted molar refractivity (Wildman–Crippen MR) is 159 cm³/mol. The molecule has 0 aliphatic heterocycles. The number of benzene rings is 4. The van der Waals surface area contributed by atoms with Gasteiger partial charge in [-0.3, -0.25) is 4.79 Å². The zero-order valence-electron chi connectivity index (χ0n) is 22.7. The molecule has 1 amide bonds. The number of aromatic nitrogens is 2. The number of rotatable bonds is 7. The number of carbonyl (C=O) groups is 2. The van der Waals surface area contributed by atoms with E-state index in [1.165, 1.54) is 12.1 Å². The number of halogens is 2. The summed E-state index contributed by atoms with van der Waals surface area (Å²) in [5.74, 6) is -1.82. The standard InChI is InChI=1S/C33H27ClFN3O3/c1-4-29(32(39)36-24-14-15-26(35)25(34)18-24)41-33(40)23-13-16-27-28(17-23)38-31(22-11-7-20(3)8-12-22)30(37-27)21-9-5-19(2)6-10-21/h5-18,29H,4H2,1-3H3,(H,36,39). The number of amides is 1. The number of fused-ring (bicyclic) bond motifs is 1. The van der Waals surface area contributed by atoms with Crippen molar-refractivity contribution in [3.05, 3.63) is 112 Å². The third kappa shape index (κ3) is 6.26. The fourth-order valence-corrected chi connectivity index (χ4v) is 4.50. The van der Waals surface area contributed by atoms with E-state index in [1.807, 2.05) is 62.4 Å². The lowest BCUT2D eigenvalue weighted by Gasteiger charge is -2.16. The molecule has 0 fully saturated rings. The van der Waals surface area contributed by atoms with Crippen molar-refractivity contribution in [1.29, 1.82) is 0 Å². The van der Waals surface area contributed by atoms with Gasteiger partial charge in [0.05, 0.1) is 33.0 Å². The highest BCUT2D eigenvalue weighted by Gasteiger charge is 2.23. The number of nitrogens with one attached hydrogen (secondary N) is 1. The van der Waals surface area contributed by atoms with E-state index < -0.39 is 23.8 Å². The molecule has 1 aromatic heterocycles. The topological polar surface area (TPSA) is 81.2 Å². The number of aryl methyl sites for hydroxylation is 2. The van der Waals surface area contributed by atoms with Crippen LogP contribution in [-0.4, -0.2) is 27.9 Å². The van der Waals surface area contributed by atoms with Crippen LogP contribution in [0.15, 0.2) is 84.9 Å². The van der Waals surface area contributed by atoms with Crippen molar-refractivity contribution < 1.29 is 18.7 Å². The largest absolute Gasteiger partial charge is 0.449 e. The number of hydrogen-bond acceptors (Lipinski definition) is 5. The summed E-state index contributed by atoms with van der Waals surface area (Å²) in [6, 6.07) is 24.9. The van der Waals surface area contributed by atoms with E-state index in [2.05, 4.69) is 5.32 Å². The van der Waals surface area contributed by atoms with Gasteiger partial charge in [-0.25, -0.2) is 19.2 Å². The van der Waals surface area contributed by atoms with Gasteiger partial charge in [0.2, 0.25) is 0 Å². The van der Waals surface area contributed by atoms with Crippen LogP contribution in [0.5, 0.6) is 0 Å². The van der Waals surface area contributed by atoms with E-state index in [0.717, 1.165) is 34.0 Å². The van der Waals surface area contributed by atoms with Crippen LogP contribution in [0.25, 0.3) is 33.5 Å². The molecule has 4 aromatic carbocycles. The van der Waals surface area contributed by atoms with Crippen LogP contribution in [0, 0.1) is 19.7 Å². The molecule has 5 aromatic rings. The molecular weight excluding hydrogens is 541 g/mol. The molecule has 0 bridgehead atoms. The van der Waals surface area contributed by atoms with Gasteiger partial charge in [-0.05, 0) is 56.7 Å². The van der Waals surface area contributed by atoms with Crippen LogP contribution >= 0.6 is 11.6 Å². The number of hydrogen-bond donors (Lipinski definition) is 1. The van der Waals surface area contributed by atoms with Gasteiger partial charge in [0.15, 0.2) is 6.10 Å². The van der Waals surface area contributed by atoms with Gasteiger partial charge in [-0.2, -0.15) is 0 Å². The van der Waals surface area contributed by atoms with Gasteiger partial charge in [0.1, 0.15) is 5.82 Å². The van der Waals surface area contributed by atoms with Crippen molar-refractivity contribution in [3.8, 4) is 22.5 Å². The van der Waals surface area contributed by atoms with Crippen molar-refractivity contribution in [2.24, 2.45) is 0 Å². The molecule has 0 saturated heterocycles. The van der Waals surface area contributed by atoms with Crippen molar-refractivity contribution in [1.82, 2.24) is 9.97 Å². The van der Waals surface area contributed by atoms with Crippen LogP contribution < -0.4 is 5.32 Å². The fourth-order valence-electron chi connectivity index (χ4n) is 4.32. The van der Waals surface area contributed by atoms with Crippen LogP contribution in [0.4, 0.5) is 10.1 Å². The molecule has 5 rings (SSSR count). The Morgan fingerprint density at radius 1 is 0.829 bits per heavy atom. The van der Waals surface area contributed by atoms with Crippen molar-refractivity contribution in [2.45, 2.75) is 33.3 Å². The van der Waals surface area contributed by atoms with Gasteiger partial charge in [-0.1, -0.05) is 78.2 Å². The van der Waals surface area contributed by atoms with E-state index in [0.29, 0.717) is 22.4 Å². The van der Waals surface area contributed by atoms with Crippen LogP contribution in [0.2, 0.25) is 5.02 Å². The van der Waals surface area contributed by atoms with E-state index in [4.69, 9.17) is 26.3 Å². The normalized spacial score (nSPS) is 11.7. The summed E-state index contributed by atoms with van der Waals surface area (Å²) in [7, 11) is 0. The predicted octanol–water partition coefficient (Wildman–Crippen LogP) is 7.95. The second kappa shape index (κ2) is 11.9. The third-order valence-corrected chi connectivity index (χ3v) is 6.94. The Balaban J connectivity index is 1.45. The molecule has 1 heterocycles. The van der Waals surface area contributed by atoms with E-state index in [1.54, 1.807) is 25.1 Å². The highest BCUT2D eigenvalue weighted by atomic mass is 35.5. The molecule has 0 saturated carbocycles. The first-order valence-corrected chi connectivity index (χ1v) is 13.5. The minimum Gasteiger partial charge on any atom is -0.449 e. The summed E-state index contributed by atoms with van der Waals surface area (Å²) in [6.07, 6.45) is -0.836. The van der Waals surface area contributed by atoms with E-state index >= 15 is 0 Å². The van der Waals surface area contributed by atoms with Crippen LogP contribution in [0.1, 0.15) is 34.8 Å². The number of carbonyl (C=O) groups excluding carboxylic acids is 2. The van der Waals surface area contributed by atoms with Crippen molar-refractivity contribution >= 4 is 40.2 Å². The maximum Gasteiger partial charge on any atom is 0.338 e. The Hall–Kier alpha value is -4.62. The lowest BCUT2D eigenvalue weighted by atomic mass is 10.0. The Kier molecular flexibility index (Phi) is 8.08. The van der Waals surface area contributed by atoms with E-state index in [-0.39, 0.29) is 17.0 Å². The minimum absolute atomic E-state index is 0.124.